The lowest BCUT2D eigenvalue weighted by molar-refractivity contribution is 0.0791. The highest BCUT2D eigenvalue weighted by Crippen LogP contribution is 2.32. The second-order valence-electron chi connectivity index (χ2n) is 6.47. The number of aromatic hydroxyl groups is 1. The molecule has 1 amide bonds. The Hall–Kier alpha value is -2.67. The van der Waals surface area contributed by atoms with Gasteiger partial charge in [0.25, 0.3) is 5.91 Å². The maximum atomic E-state index is 12.9. The van der Waals surface area contributed by atoms with Crippen LogP contribution in [-0.2, 0) is 0 Å². The number of aromatic nitrogens is 2. The molecule has 0 saturated carbocycles. The molecule has 1 saturated heterocycles. The first-order valence-corrected chi connectivity index (χ1v) is 9.09. The van der Waals surface area contributed by atoms with Gasteiger partial charge in [-0.15, -0.1) is 0 Å². The van der Waals surface area contributed by atoms with Crippen LogP contribution in [0.2, 0.25) is 0 Å². The summed E-state index contributed by atoms with van der Waals surface area (Å²) in [5, 5.41) is 10.5. The normalized spacial score (nSPS) is 17.0. The van der Waals surface area contributed by atoms with Crippen molar-refractivity contribution in [2.45, 2.75) is 12.3 Å². The topological polar surface area (TPSA) is 92.3 Å². The van der Waals surface area contributed by atoms with Crippen molar-refractivity contribution >= 4 is 38.6 Å². The van der Waals surface area contributed by atoms with E-state index >= 15 is 0 Å². The van der Waals surface area contributed by atoms with Gasteiger partial charge in [-0.05, 0) is 48.4 Å². The summed E-state index contributed by atoms with van der Waals surface area (Å²) in [5.74, 6) is 0.822. The molecule has 1 unspecified atom stereocenters. The summed E-state index contributed by atoms with van der Waals surface area (Å²) in [6, 6.07) is 10.7. The number of amides is 1. The Morgan fingerprint density at radius 3 is 2.88 bits per heavy atom. The molecule has 1 aliphatic rings. The van der Waals surface area contributed by atoms with Gasteiger partial charge in [-0.25, -0.2) is 9.97 Å². The van der Waals surface area contributed by atoms with Crippen molar-refractivity contribution in [3.8, 4) is 5.75 Å². The zero-order valence-corrected chi connectivity index (χ0v) is 15.5. The molecule has 6 nitrogen and oxygen atoms in total. The lowest BCUT2D eigenvalue weighted by Gasteiger charge is -2.17. The molecule has 7 heteroatoms. The zero-order valence-electron chi connectivity index (χ0n) is 13.9. The van der Waals surface area contributed by atoms with Crippen molar-refractivity contribution in [1.82, 2.24) is 14.9 Å². The lowest BCUT2D eigenvalue weighted by Crippen LogP contribution is -2.28. The molecule has 1 aromatic heterocycles. The van der Waals surface area contributed by atoms with Crippen LogP contribution in [0, 0.1) is 0 Å². The average molecular weight is 413 g/mol. The second kappa shape index (κ2) is 6.57. The Morgan fingerprint density at radius 2 is 2.08 bits per heavy atom. The maximum Gasteiger partial charge on any atom is 0.253 e. The predicted octanol–water partition coefficient (Wildman–Crippen LogP) is 3.31. The van der Waals surface area contributed by atoms with Gasteiger partial charge in [0.15, 0.2) is 0 Å². The first-order chi connectivity index (χ1) is 12.5. The van der Waals surface area contributed by atoms with Crippen LogP contribution in [0.4, 0.5) is 5.82 Å². The molecule has 2 heterocycles. The fourth-order valence-electron chi connectivity index (χ4n) is 3.44. The highest BCUT2D eigenvalue weighted by molar-refractivity contribution is 9.10. The van der Waals surface area contributed by atoms with Crippen LogP contribution in [0.15, 0.2) is 47.2 Å². The van der Waals surface area contributed by atoms with Gasteiger partial charge in [0.1, 0.15) is 17.9 Å². The summed E-state index contributed by atoms with van der Waals surface area (Å²) in [4.78, 5) is 22.9. The van der Waals surface area contributed by atoms with Crippen LogP contribution < -0.4 is 5.73 Å². The Kier molecular flexibility index (Phi) is 4.24. The van der Waals surface area contributed by atoms with E-state index in [0.29, 0.717) is 30.0 Å². The minimum Gasteiger partial charge on any atom is -0.508 e. The predicted molar refractivity (Wildman–Crippen MR) is 103 cm³/mol. The molecule has 0 aliphatic carbocycles. The monoisotopic (exact) mass is 412 g/mol. The number of phenolic OH excluding ortho intramolecular Hbond substituents is 1. The van der Waals surface area contributed by atoms with Gasteiger partial charge in [0.05, 0.1) is 5.52 Å². The largest absolute Gasteiger partial charge is 0.508 e. The van der Waals surface area contributed by atoms with Gasteiger partial charge in [0.2, 0.25) is 0 Å². The minimum atomic E-state index is -0.0224. The number of nitrogens with two attached hydrogens (primary N) is 1. The van der Waals surface area contributed by atoms with Gasteiger partial charge >= 0.3 is 0 Å². The number of halogens is 1. The number of phenols is 1. The van der Waals surface area contributed by atoms with Crippen molar-refractivity contribution in [3.05, 3.63) is 58.3 Å². The lowest BCUT2D eigenvalue weighted by atomic mass is 9.98. The fourth-order valence-corrected chi connectivity index (χ4v) is 3.94. The van der Waals surface area contributed by atoms with Crippen molar-refractivity contribution in [1.29, 1.82) is 0 Å². The van der Waals surface area contributed by atoms with Crippen molar-refractivity contribution in [2.24, 2.45) is 0 Å². The van der Waals surface area contributed by atoms with Crippen molar-refractivity contribution < 1.29 is 9.90 Å². The van der Waals surface area contributed by atoms with Crippen LogP contribution >= 0.6 is 15.9 Å². The van der Waals surface area contributed by atoms with Crippen LogP contribution in [-0.4, -0.2) is 39.0 Å². The molecule has 0 bridgehead atoms. The number of hydrogen-bond donors (Lipinski definition) is 2. The van der Waals surface area contributed by atoms with Crippen LogP contribution in [0.5, 0.6) is 5.75 Å². The zero-order chi connectivity index (χ0) is 18.3. The number of anilines is 1. The van der Waals surface area contributed by atoms with E-state index in [4.69, 9.17) is 5.73 Å². The molecule has 2 aromatic carbocycles. The Morgan fingerprint density at radius 1 is 1.23 bits per heavy atom. The molecule has 4 rings (SSSR count). The average Bonchev–Trinajstić information content (AvgIpc) is 3.10. The van der Waals surface area contributed by atoms with E-state index in [1.807, 2.05) is 11.0 Å². The summed E-state index contributed by atoms with van der Waals surface area (Å²) < 4.78 is 0.837. The number of fused-ring (bicyclic) bond motifs is 1. The molecule has 132 valence electrons. The first kappa shape index (κ1) is 16.8. The van der Waals surface area contributed by atoms with Gasteiger partial charge in [0, 0.05) is 34.4 Å². The molecule has 1 atom stereocenters. The SMILES string of the molecule is Nc1ncnc2cc(C(=O)N3CCC(c4cc(O)cc(Br)c4)C3)ccc12. The first-order valence-electron chi connectivity index (χ1n) is 8.30. The molecule has 3 N–H and O–H groups in total. The van der Waals surface area contributed by atoms with E-state index < -0.39 is 0 Å². The van der Waals surface area contributed by atoms with Crippen LogP contribution in [0.25, 0.3) is 10.9 Å². The number of rotatable bonds is 2. The minimum absolute atomic E-state index is 0.0224. The Balaban J connectivity index is 1.56. The van der Waals surface area contributed by atoms with Gasteiger partial charge in [-0.2, -0.15) is 0 Å². The van der Waals surface area contributed by atoms with Crippen LogP contribution in [0.3, 0.4) is 0 Å². The van der Waals surface area contributed by atoms with E-state index in [1.54, 1.807) is 30.3 Å². The van der Waals surface area contributed by atoms with E-state index in [9.17, 15) is 9.90 Å². The summed E-state index contributed by atoms with van der Waals surface area (Å²) in [7, 11) is 0. The fraction of sp³-hybridized carbons (Fsp3) is 0.211. The summed E-state index contributed by atoms with van der Waals surface area (Å²) in [5.41, 5.74) is 8.13. The van der Waals surface area contributed by atoms with Crippen molar-refractivity contribution in [2.75, 3.05) is 18.8 Å². The highest BCUT2D eigenvalue weighted by Gasteiger charge is 2.28. The standard InChI is InChI=1S/C19H17BrN4O2/c20-14-5-13(6-15(25)8-14)12-3-4-24(9-12)19(26)11-1-2-16-17(7-11)22-10-23-18(16)21/h1-2,5-8,10,12,25H,3-4,9H2,(H2,21,22,23). The number of hydrogen-bond acceptors (Lipinski definition) is 5. The second-order valence-corrected chi connectivity index (χ2v) is 7.39. The van der Waals surface area contributed by atoms with Gasteiger partial charge < -0.3 is 15.7 Å². The van der Waals surface area contributed by atoms with E-state index in [0.717, 1.165) is 21.8 Å². The number of carbonyl (C=O) groups excluding carboxylic acids is 1. The third-order valence-electron chi connectivity index (χ3n) is 4.77. The van der Waals surface area contributed by atoms with Crippen LogP contribution in [0.1, 0.15) is 28.3 Å². The molecule has 1 fully saturated rings. The number of carbonyl (C=O) groups is 1. The molecule has 0 spiro atoms. The van der Waals surface area contributed by atoms with E-state index in [1.165, 1.54) is 6.33 Å². The highest BCUT2D eigenvalue weighted by atomic mass is 79.9. The molecule has 1 aliphatic heterocycles. The number of nitrogen functional groups attached to an aromatic ring is 1. The Bertz CT molecular complexity index is 988. The number of benzene rings is 2. The number of likely N-dealkylation sites (tertiary alicyclic amines) is 1. The third kappa shape index (κ3) is 3.10. The Labute approximate surface area is 158 Å². The molecule has 0 radical (unpaired) electrons. The van der Waals surface area contributed by atoms with E-state index in [2.05, 4.69) is 25.9 Å². The quantitative estimate of drug-likeness (QED) is 0.673. The third-order valence-corrected chi connectivity index (χ3v) is 5.22. The summed E-state index contributed by atoms with van der Waals surface area (Å²) in [6.07, 6.45) is 2.27. The molecule has 26 heavy (non-hydrogen) atoms. The molecular weight excluding hydrogens is 396 g/mol. The molecular formula is C19H17BrN4O2. The van der Waals surface area contributed by atoms with Gasteiger partial charge in [-0.3, -0.25) is 4.79 Å². The smallest absolute Gasteiger partial charge is 0.253 e. The summed E-state index contributed by atoms with van der Waals surface area (Å²) >= 11 is 3.41. The van der Waals surface area contributed by atoms with Crippen molar-refractivity contribution in [3.63, 3.8) is 0 Å². The molecule has 3 aromatic rings. The number of nitrogens with zero attached hydrogens (tertiary/aromatic N) is 3. The summed E-state index contributed by atoms with van der Waals surface area (Å²) in [6.45, 7) is 1.30. The van der Waals surface area contributed by atoms with Gasteiger partial charge in [-0.1, -0.05) is 15.9 Å². The maximum absolute atomic E-state index is 12.9. The van der Waals surface area contributed by atoms with E-state index in [-0.39, 0.29) is 17.6 Å².